The molecule has 0 saturated heterocycles. The van der Waals surface area contributed by atoms with Gasteiger partial charge in [0, 0.05) is 18.6 Å². The fourth-order valence-electron chi connectivity index (χ4n) is 3.50. The first-order chi connectivity index (χ1) is 12.8. The molecule has 148 valence electrons. The third kappa shape index (κ3) is 4.87. The summed E-state index contributed by atoms with van der Waals surface area (Å²) < 4.78 is 24.4. The van der Waals surface area contributed by atoms with Crippen molar-refractivity contribution in [2.75, 3.05) is 18.8 Å². The molecule has 2 N–H and O–H groups in total. The lowest BCUT2D eigenvalue weighted by atomic mass is 9.85. The Bertz CT molecular complexity index is 813. The predicted molar refractivity (Wildman–Crippen MR) is 100 cm³/mol. The first-order valence-corrected chi connectivity index (χ1v) is 11.0. The van der Waals surface area contributed by atoms with Gasteiger partial charge in [-0.15, -0.1) is 0 Å². The van der Waals surface area contributed by atoms with E-state index in [2.05, 4.69) is 5.32 Å². The summed E-state index contributed by atoms with van der Waals surface area (Å²) >= 11 is 0. The Balaban J connectivity index is 1.60. The lowest BCUT2D eigenvalue weighted by Gasteiger charge is -2.42. The summed E-state index contributed by atoms with van der Waals surface area (Å²) in [7, 11) is -3.48. The van der Waals surface area contributed by atoms with Crippen LogP contribution in [0.3, 0.4) is 0 Å². The molecule has 1 aromatic rings. The van der Waals surface area contributed by atoms with Gasteiger partial charge >= 0.3 is 5.97 Å². The number of hydrogen-bond acceptors (Lipinski definition) is 5. The SMILES string of the molecule is CCS(=O)(=O)c1ccccc1C(=O)NC1CC(N(CC(=O)O)CC2CC2)C1. The highest BCUT2D eigenvalue weighted by molar-refractivity contribution is 7.91. The summed E-state index contributed by atoms with van der Waals surface area (Å²) in [5.41, 5.74) is 0.170. The van der Waals surface area contributed by atoms with E-state index in [1.54, 1.807) is 19.1 Å². The summed E-state index contributed by atoms with van der Waals surface area (Å²) in [6.45, 7) is 2.38. The van der Waals surface area contributed by atoms with Gasteiger partial charge in [-0.05, 0) is 43.7 Å². The maximum atomic E-state index is 12.6. The highest BCUT2D eigenvalue weighted by atomic mass is 32.2. The minimum absolute atomic E-state index is 0.0272. The van der Waals surface area contributed by atoms with E-state index in [1.807, 2.05) is 4.90 Å². The lowest BCUT2D eigenvalue weighted by molar-refractivity contribution is -0.139. The Morgan fingerprint density at radius 1 is 1.22 bits per heavy atom. The number of carbonyl (C=O) groups excluding carboxylic acids is 1. The summed E-state index contributed by atoms with van der Waals surface area (Å²) in [5, 5.41) is 12.0. The Morgan fingerprint density at radius 2 is 1.89 bits per heavy atom. The number of aliphatic carboxylic acids is 1. The second-order valence-corrected chi connectivity index (χ2v) is 9.71. The van der Waals surface area contributed by atoms with Crippen molar-refractivity contribution in [2.24, 2.45) is 5.92 Å². The third-order valence-electron chi connectivity index (χ3n) is 5.34. The monoisotopic (exact) mass is 394 g/mol. The molecule has 2 saturated carbocycles. The smallest absolute Gasteiger partial charge is 0.317 e. The van der Waals surface area contributed by atoms with Crippen LogP contribution in [0.1, 0.15) is 43.0 Å². The number of benzene rings is 1. The van der Waals surface area contributed by atoms with Crippen molar-refractivity contribution in [2.45, 2.75) is 49.6 Å². The van der Waals surface area contributed by atoms with E-state index >= 15 is 0 Å². The van der Waals surface area contributed by atoms with Crippen LogP contribution in [-0.4, -0.2) is 61.2 Å². The minimum Gasteiger partial charge on any atom is -0.480 e. The van der Waals surface area contributed by atoms with Crippen LogP contribution in [0, 0.1) is 5.92 Å². The van der Waals surface area contributed by atoms with E-state index in [9.17, 15) is 18.0 Å². The van der Waals surface area contributed by atoms with Gasteiger partial charge in [0.05, 0.1) is 22.8 Å². The molecule has 1 amide bonds. The molecule has 2 fully saturated rings. The normalized spacial score (nSPS) is 22.3. The molecule has 27 heavy (non-hydrogen) atoms. The number of rotatable bonds is 9. The molecule has 2 aliphatic carbocycles. The number of hydrogen-bond donors (Lipinski definition) is 2. The molecule has 0 aromatic heterocycles. The van der Waals surface area contributed by atoms with Crippen LogP contribution in [0.2, 0.25) is 0 Å². The minimum atomic E-state index is -3.48. The molecule has 3 rings (SSSR count). The fourth-order valence-corrected chi connectivity index (χ4v) is 4.59. The summed E-state index contributed by atoms with van der Waals surface area (Å²) in [5.74, 6) is -0.683. The number of carboxylic acids is 1. The molecule has 0 bridgehead atoms. The van der Waals surface area contributed by atoms with Crippen molar-refractivity contribution in [3.63, 3.8) is 0 Å². The highest BCUT2D eigenvalue weighted by Crippen LogP contribution is 2.34. The van der Waals surface area contributed by atoms with E-state index < -0.39 is 21.7 Å². The number of amides is 1. The number of carbonyl (C=O) groups is 2. The molecule has 8 heteroatoms. The molecule has 0 aliphatic heterocycles. The van der Waals surface area contributed by atoms with Gasteiger partial charge in [-0.3, -0.25) is 14.5 Å². The van der Waals surface area contributed by atoms with Crippen LogP contribution in [0.4, 0.5) is 0 Å². The molecular formula is C19H26N2O5S. The zero-order valence-electron chi connectivity index (χ0n) is 15.4. The number of carboxylic acid groups (broad SMARTS) is 1. The van der Waals surface area contributed by atoms with Gasteiger partial charge in [-0.25, -0.2) is 8.42 Å². The second-order valence-electron chi connectivity index (χ2n) is 7.46. The summed E-state index contributed by atoms with van der Waals surface area (Å²) in [6, 6.07) is 6.34. The van der Waals surface area contributed by atoms with Gasteiger partial charge in [0.25, 0.3) is 5.91 Å². The van der Waals surface area contributed by atoms with Crippen molar-refractivity contribution in [3.8, 4) is 0 Å². The van der Waals surface area contributed by atoms with Crippen LogP contribution in [0.25, 0.3) is 0 Å². The van der Waals surface area contributed by atoms with Crippen molar-refractivity contribution in [1.82, 2.24) is 10.2 Å². The van der Waals surface area contributed by atoms with E-state index in [-0.39, 0.29) is 34.8 Å². The number of sulfone groups is 1. The van der Waals surface area contributed by atoms with Crippen LogP contribution in [0.15, 0.2) is 29.2 Å². The van der Waals surface area contributed by atoms with Crippen LogP contribution in [-0.2, 0) is 14.6 Å². The largest absolute Gasteiger partial charge is 0.480 e. The zero-order valence-corrected chi connectivity index (χ0v) is 16.2. The average molecular weight is 394 g/mol. The van der Waals surface area contributed by atoms with E-state index in [0.717, 1.165) is 19.4 Å². The summed E-state index contributed by atoms with van der Waals surface area (Å²) in [6.07, 6.45) is 3.69. The van der Waals surface area contributed by atoms with Gasteiger partial charge in [-0.1, -0.05) is 19.1 Å². The molecule has 0 heterocycles. The first-order valence-electron chi connectivity index (χ1n) is 9.38. The molecule has 0 spiro atoms. The molecule has 0 unspecified atom stereocenters. The van der Waals surface area contributed by atoms with Crippen molar-refractivity contribution < 1.29 is 23.1 Å². The maximum Gasteiger partial charge on any atom is 0.317 e. The highest BCUT2D eigenvalue weighted by Gasteiger charge is 2.38. The topological polar surface area (TPSA) is 104 Å². The van der Waals surface area contributed by atoms with Crippen molar-refractivity contribution in [1.29, 1.82) is 0 Å². The lowest BCUT2D eigenvalue weighted by Crippen LogP contribution is -2.55. The molecule has 7 nitrogen and oxygen atoms in total. The summed E-state index contributed by atoms with van der Waals surface area (Å²) in [4.78, 5) is 25.7. The Morgan fingerprint density at radius 3 is 2.48 bits per heavy atom. The van der Waals surface area contributed by atoms with Crippen molar-refractivity contribution >= 4 is 21.7 Å². The van der Waals surface area contributed by atoms with Crippen molar-refractivity contribution in [3.05, 3.63) is 29.8 Å². The molecule has 0 atom stereocenters. The van der Waals surface area contributed by atoms with Crippen LogP contribution < -0.4 is 5.32 Å². The van der Waals surface area contributed by atoms with E-state index in [1.165, 1.54) is 12.1 Å². The van der Waals surface area contributed by atoms with E-state index in [0.29, 0.717) is 18.8 Å². The first kappa shape index (κ1) is 19.8. The van der Waals surface area contributed by atoms with Crippen LogP contribution >= 0.6 is 0 Å². The molecule has 2 aliphatic rings. The number of nitrogens with zero attached hydrogens (tertiary/aromatic N) is 1. The van der Waals surface area contributed by atoms with Gasteiger partial charge in [0.1, 0.15) is 0 Å². The van der Waals surface area contributed by atoms with Gasteiger partial charge in [0.2, 0.25) is 0 Å². The standard InChI is InChI=1S/C19H26N2O5S/c1-2-27(25,26)17-6-4-3-5-16(17)19(24)20-14-9-15(10-14)21(12-18(22)23)11-13-7-8-13/h3-6,13-15H,2,7-12H2,1H3,(H,20,24)(H,22,23). The van der Waals surface area contributed by atoms with Gasteiger partial charge in [-0.2, -0.15) is 0 Å². The average Bonchev–Trinajstić information content (AvgIpc) is 3.40. The molecular weight excluding hydrogens is 368 g/mol. The Labute approximate surface area is 159 Å². The zero-order chi connectivity index (χ0) is 19.6. The van der Waals surface area contributed by atoms with E-state index in [4.69, 9.17) is 5.11 Å². The van der Waals surface area contributed by atoms with Crippen LogP contribution in [0.5, 0.6) is 0 Å². The van der Waals surface area contributed by atoms with Gasteiger partial charge in [0.15, 0.2) is 9.84 Å². The predicted octanol–water partition coefficient (Wildman–Crippen LogP) is 1.54. The molecule has 0 radical (unpaired) electrons. The maximum absolute atomic E-state index is 12.6. The second kappa shape index (κ2) is 7.98. The van der Waals surface area contributed by atoms with Gasteiger partial charge < -0.3 is 10.4 Å². The Kier molecular flexibility index (Phi) is 5.86. The fraction of sp³-hybridized carbons (Fsp3) is 0.579. The number of nitrogens with one attached hydrogen (secondary N) is 1. The molecule has 1 aromatic carbocycles. The third-order valence-corrected chi connectivity index (χ3v) is 7.13. The Hall–Kier alpha value is -1.93. The quantitative estimate of drug-likeness (QED) is 0.658.